The summed E-state index contributed by atoms with van der Waals surface area (Å²) in [5, 5.41) is 0.900. The SMILES string of the molecule is CCCN(CCBr)C(=O)C1CCC2CCCCC2C1. The molecule has 110 valence electrons. The number of nitrogens with zero attached hydrogens (tertiary/aromatic N) is 1. The number of rotatable bonds is 5. The first-order valence-corrected chi connectivity index (χ1v) is 9.23. The molecule has 3 heteroatoms. The van der Waals surface area contributed by atoms with Gasteiger partial charge in [0.05, 0.1) is 0 Å². The first-order valence-electron chi connectivity index (χ1n) is 8.11. The second-order valence-corrected chi connectivity index (χ2v) is 7.12. The topological polar surface area (TPSA) is 20.3 Å². The highest BCUT2D eigenvalue weighted by Crippen LogP contribution is 2.43. The molecule has 2 fully saturated rings. The highest BCUT2D eigenvalue weighted by Gasteiger charge is 2.36. The number of fused-ring (bicyclic) bond motifs is 1. The van der Waals surface area contributed by atoms with E-state index >= 15 is 0 Å². The van der Waals surface area contributed by atoms with E-state index in [1.54, 1.807) is 0 Å². The Labute approximate surface area is 126 Å². The summed E-state index contributed by atoms with van der Waals surface area (Å²) in [4.78, 5) is 14.7. The minimum absolute atomic E-state index is 0.324. The van der Waals surface area contributed by atoms with E-state index in [-0.39, 0.29) is 0 Å². The average Bonchev–Trinajstić information content (AvgIpc) is 2.46. The van der Waals surface area contributed by atoms with Crippen molar-refractivity contribution in [3.05, 3.63) is 0 Å². The van der Waals surface area contributed by atoms with E-state index in [1.807, 2.05) is 0 Å². The summed E-state index contributed by atoms with van der Waals surface area (Å²) < 4.78 is 0. The summed E-state index contributed by atoms with van der Waals surface area (Å²) in [5.74, 6) is 2.55. The van der Waals surface area contributed by atoms with Gasteiger partial charge < -0.3 is 4.90 Å². The molecule has 0 heterocycles. The molecule has 0 aromatic carbocycles. The Morgan fingerprint density at radius 1 is 1.11 bits per heavy atom. The van der Waals surface area contributed by atoms with Crippen LogP contribution in [0.1, 0.15) is 58.3 Å². The lowest BCUT2D eigenvalue weighted by molar-refractivity contribution is -0.137. The molecule has 1 amide bonds. The predicted octanol–water partition coefficient (Wildman–Crippen LogP) is 4.23. The zero-order chi connectivity index (χ0) is 13.7. The summed E-state index contributed by atoms with van der Waals surface area (Å²) in [7, 11) is 0. The second-order valence-electron chi connectivity index (χ2n) is 6.33. The Kier molecular flexibility index (Phi) is 6.18. The van der Waals surface area contributed by atoms with Crippen LogP contribution in [-0.4, -0.2) is 29.2 Å². The maximum absolute atomic E-state index is 12.7. The Morgan fingerprint density at radius 3 is 2.53 bits per heavy atom. The van der Waals surface area contributed by atoms with Gasteiger partial charge >= 0.3 is 0 Å². The van der Waals surface area contributed by atoms with E-state index in [0.29, 0.717) is 11.8 Å². The molecule has 0 aromatic heterocycles. The van der Waals surface area contributed by atoms with Crippen LogP contribution in [-0.2, 0) is 4.79 Å². The van der Waals surface area contributed by atoms with E-state index in [0.717, 1.165) is 43.1 Å². The number of carbonyl (C=O) groups excluding carboxylic acids is 1. The molecule has 0 bridgehead atoms. The third-order valence-electron chi connectivity index (χ3n) is 5.05. The molecule has 2 aliphatic carbocycles. The van der Waals surface area contributed by atoms with Crippen LogP contribution in [0.4, 0.5) is 0 Å². The van der Waals surface area contributed by atoms with E-state index < -0.39 is 0 Å². The number of hydrogen-bond donors (Lipinski definition) is 0. The van der Waals surface area contributed by atoms with Crippen LogP contribution in [0.25, 0.3) is 0 Å². The van der Waals surface area contributed by atoms with Crippen LogP contribution in [0, 0.1) is 17.8 Å². The smallest absolute Gasteiger partial charge is 0.225 e. The molecule has 0 spiro atoms. The van der Waals surface area contributed by atoms with Gasteiger partial charge in [0.25, 0.3) is 0 Å². The Bertz CT molecular complexity index is 288. The number of carbonyl (C=O) groups is 1. The fraction of sp³-hybridized carbons (Fsp3) is 0.938. The number of alkyl halides is 1. The van der Waals surface area contributed by atoms with Crippen molar-refractivity contribution in [2.75, 3.05) is 18.4 Å². The zero-order valence-electron chi connectivity index (χ0n) is 12.2. The molecule has 19 heavy (non-hydrogen) atoms. The molecule has 0 saturated heterocycles. The first-order chi connectivity index (χ1) is 9.26. The van der Waals surface area contributed by atoms with Crippen molar-refractivity contribution in [1.29, 1.82) is 0 Å². The van der Waals surface area contributed by atoms with Crippen LogP contribution >= 0.6 is 15.9 Å². The summed E-state index contributed by atoms with van der Waals surface area (Å²) in [6.45, 7) is 3.96. The molecule has 2 saturated carbocycles. The summed E-state index contributed by atoms with van der Waals surface area (Å²) in [6.07, 6.45) is 10.3. The summed E-state index contributed by atoms with van der Waals surface area (Å²) in [6, 6.07) is 0. The molecular formula is C16H28BrNO. The third-order valence-corrected chi connectivity index (χ3v) is 5.40. The molecule has 2 nitrogen and oxygen atoms in total. The minimum atomic E-state index is 0.324. The van der Waals surface area contributed by atoms with Crippen molar-refractivity contribution >= 4 is 21.8 Å². The fourth-order valence-corrected chi connectivity index (χ4v) is 4.49. The zero-order valence-corrected chi connectivity index (χ0v) is 13.8. The lowest BCUT2D eigenvalue weighted by atomic mass is 9.67. The van der Waals surface area contributed by atoms with Crippen LogP contribution in [0.2, 0.25) is 0 Å². The quantitative estimate of drug-likeness (QED) is 0.691. The predicted molar refractivity (Wildman–Crippen MR) is 83.5 cm³/mol. The van der Waals surface area contributed by atoms with Crippen molar-refractivity contribution in [3.8, 4) is 0 Å². The van der Waals surface area contributed by atoms with Crippen LogP contribution in [0.5, 0.6) is 0 Å². The van der Waals surface area contributed by atoms with Gasteiger partial charge in [-0.2, -0.15) is 0 Å². The number of amides is 1. The molecule has 0 radical (unpaired) electrons. The lowest BCUT2D eigenvalue weighted by Gasteiger charge is -2.40. The van der Waals surface area contributed by atoms with Gasteiger partial charge in [-0.15, -0.1) is 0 Å². The molecule has 0 aromatic rings. The standard InChI is InChI=1S/C16H28BrNO/c1-2-10-18(11-9-17)16(19)15-8-7-13-5-3-4-6-14(13)12-15/h13-15H,2-12H2,1H3. The second kappa shape index (κ2) is 7.66. The normalized spacial score (nSPS) is 30.7. The van der Waals surface area contributed by atoms with Crippen molar-refractivity contribution < 1.29 is 4.79 Å². The van der Waals surface area contributed by atoms with E-state index in [1.165, 1.54) is 38.5 Å². The van der Waals surface area contributed by atoms with Gasteiger partial charge in [0.15, 0.2) is 0 Å². The molecular weight excluding hydrogens is 302 g/mol. The largest absolute Gasteiger partial charge is 0.342 e. The van der Waals surface area contributed by atoms with E-state index in [9.17, 15) is 4.79 Å². The van der Waals surface area contributed by atoms with Crippen LogP contribution in [0.15, 0.2) is 0 Å². The molecule has 2 aliphatic rings. The Hall–Kier alpha value is -0.0500. The monoisotopic (exact) mass is 329 g/mol. The maximum Gasteiger partial charge on any atom is 0.225 e. The van der Waals surface area contributed by atoms with Gasteiger partial charge in [0.1, 0.15) is 0 Å². The number of hydrogen-bond acceptors (Lipinski definition) is 1. The van der Waals surface area contributed by atoms with Gasteiger partial charge in [0, 0.05) is 24.3 Å². The maximum atomic E-state index is 12.7. The minimum Gasteiger partial charge on any atom is -0.342 e. The highest BCUT2D eigenvalue weighted by atomic mass is 79.9. The molecule has 0 aliphatic heterocycles. The van der Waals surface area contributed by atoms with E-state index in [2.05, 4.69) is 27.8 Å². The van der Waals surface area contributed by atoms with Gasteiger partial charge in [-0.3, -0.25) is 4.79 Å². The van der Waals surface area contributed by atoms with Gasteiger partial charge in [-0.1, -0.05) is 48.5 Å². The Balaban J connectivity index is 1.91. The summed E-state index contributed by atoms with van der Waals surface area (Å²) >= 11 is 3.47. The average molecular weight is 330 g/mol. The van der Waals surface area contributed by atoms with Crippen molar-refractivity contribution in [2.24, 2.45) is 17.8 Å². The first kappa shape index (κ1) is 15.3. The summed E-state index contributed by atoms with van der Waals surface area (Å²) in [5.41, 5.74) is 0. The van der Waals surface area contributed by atoms with Crippen molar-refractivity contribution in [1.82, 2.24) is 4.90 Å². The van der Waals surface area contributed by atoms with Crippen molar-refractivity contribution in [2.45, 2.75) is 58.3 Å². The molecule has 2 rings (SSSR count). The Morgan fingerprint density at radius 2 is 1.84 bits per heavy atom. The highest BCUT2D eigenvalue weighted by molar-refractivity contribution is 9.09. The lowest BCUT2D eigenvalue weighted by Crippen LogP contribution is -2.41. The molecule has 0 N–H and O–H groups in total. The fourth-order valence-electron chi connectivity index (χ4n) is 4.06. The van der Waals surface area contributed by atoms with Crippen molar-refractivity contribution in [3.63, 3.8) is 0 Å². The molecule has 3 atom stereocenters. The van der Waals surface area contributed by atoms with Gasteiger partial charge in [-0.25, -0.2) is 0 Å². The number of halogens is 1. The van der Waals surface area contributed by atoms with E-state index in [4.69, 9.17) is 0 Å². The van der Waals surface area contributed by atoms with Crippen LogP contribution in [0.3, 0.4) is 0 Å². The van der Waals surface area contributed by atoms with Gasteiger partial charge in [-0.05, 0) is 37.5 Å². The van der Waals surface area contributed by atoms with Crippen LogP contribution < -0.4 is 0 Å². The molecule has 3 unspecified atom stereocenters. The van der Waals surface area contributed by atoms with Gasteiger partial charge in [0.2, 0.25) is 5.91 Å². The third kappa shape index (κ3) is 3.96.